The van der Waals surface area contributed by atoms with Crippen LogP contribution in [0.5, 0.6) is 5.75 Å². The molecular formula is C20H24N2O3. The molecule has 5 nitrogen and oxygen atoms in total. The SMILES string of the molecule is CC(=O)OOc1ccc(C[C@@H]2CN(Cc3ccccc3)CCN2)cc1. The van der Waals surface area contributed by atoms with E-state index in [9.17, 15) is 4.79 Å². The van der Waals surface area contributed by atoms with E-state index < -0.39 is 5.97 Å². The van der Waals surface area contributed by atoms with Crippen LogP contribution in [-0.2, 0) is 22.6 Å². The Kier molecular flexibility index (Phi) is 6.04. The molecule has 2 aromatic carbocycles. The lowest BCUT2D eigenvalue weighted by molar-refractivity contribution is -0.210. The molecule has 1 N–H and O–H groups in total. The van der Waals surface area contributed by atoms with Crippen LogP contribution in [-0.4, -0.2) is 36.5 Å². The van der Waals surface area contributed by atoms with Gasteiger partial charge in [0.2, 0.25) is 0 Å². The van der Waals surface area contributed by atoms with E-state index >= 15 is 0 Å². The summed E-state index contributed by atoms with van der Waals surface area (Å²) in [5.74, 6) is 0.0650. The topological polar surface area (TPSA) is 50.8 Å². The van der Waals surface area contributed by atoms with Gasteiger partial charge >= 0.3 is 5.97 Å². The summed E-state index contributed by atoms with van der Waals surface area (Å²) < 4.78 is 0. The first-order valence-corrected chi connectivity index (χ1v) is 8.63. The van der Waals surface area contributed by atoms with E-state index in [-0.39, 0.29) is 0 Å². The Hall–Kier alpha value is -2.37. The lowest BCUT2D eigenvalue weighted by Crippen LogP contribution is -2.51. The standard InChI is InChI=1S/C20H24N2O3/c1-16(23)24-25-20-9-7-17(8-10-20)13-19-15-22(12-11-21-19)14-18-5-3-2-4-6-18/h2-10,19,21H,11-15H2,1H3/t19-/m1/s1. The molecule has 1 aliphatic rings. The van der Waals surface area contributed by atoms with Gasteiger partial charge in [-0.2, -0.15) is 0 Å². The first-order valence-electron chi connectivity index (χ1n) is 8.63. The molecule has 132 valence electrons. The molecule has 1 fully saturated rings. The van der Waals surface area contributed by atoms with Crippen LogP contribution in [0.4, 0.5) is 0 Å². The molecule has 0 amide bonds. The van der Waals surface area contributed by atoms with Crippen LogP contribution in [0.3, 0.4) is 0 Å². The van der Waals surface area contributed by atoms with Crippen LogP contribution in [0.2, 0.25) is 0 Å². The van der Waals surface area contributed by atoms with E-state index in [1.165, 1.54) is 18.1 Å². The van der Waals surface area contributed by atoms with Gasteiger partial charge in [-0.1, -0.05) is 42.5 Å². The molecular weight excluding hydrogens is 316 g/mol. The second-order valence-corrected chi connectivity index (χ2v) is 6.38. The van der Waals surface area contributed by atoms with Crippen molar-refractivity contribution in [2.24, 2.45) is 0 Å². The minimum atomic E-state index is -0.464. The van der Waals surface area contributed by atoms with E-state index in [0.29, 0.717) is 11.8 Å². The van der Waals surface area contributed by atoms with Crippen molar-refractivity contribution in [2.45, 2.75) is 25.9 Å². The lowest BCUT2D eigenvalue weighted by Gasteiger charge is -2.34. The van der Waals surface area contributed by atoms with Gasteiger partial charge in [0, 0.05) is 39.1 Å². The van der Waals surface area contributed by atoms with Crippen LogP contribution in [0, 0.1) is 0 Å². The summed E-state index contributed by atoms with van der Waals surface area (Å²) >= 11 is 0. The summed E-state index contributed by atoms with van der Waals surface area (Å²) in [6.45, 7) is 5.41. The molecule has 3 rings (SSSR count). The fourth-order valence-corrected chi connectivity index (χ4v) is 3.09. The van der Waals surface area contributed by atoms with E-state index in [0.717, 1.165) is 32.6 Å². The largest absolute Gasteiger partial charge is 0.352 e. The Morgan fingerprint density at radius 2 is 1.88 bits per heavy atom. The van der Waals surface area contributed by atoms with E-state index in [4.69, 9.17) is 4.89 Å². The van der Waals surface area contributed by atoms with Gasteiger partial charge in [-0.3, -0.25) is 14.7 Å². The fourth-order valence-electron chi connectivity index (χ4n) is 3.09. The Labute approximate surface area is 148 Å². The maximum absolute atomic E-state index is 10.7. The minimum absolute atomic E-state index is 0.428. The van der Waals surface area contributed by atoms with Gasteiger partial charge in [0.1, 0.15) is 0 Å². The highest BCUT2D eigenvalue weighted by molar-refractivity contribution is 5.65. The maximum Gasteiger partial charge on any atom is 0.352 e. The van der Waals surface area contributed by atoms with Gasteiger partial charge in [-0.05, 0) is 29.7 Å². The number of piperazine rings is 1. The average molecular weight is 340 g/mol. The third kappa shape index (κ3) is 5.59. The molecule has 0 bridgehead atoms. The molecule has 1 aliphatic heterocycles. The Bertz CT molecular complexity index is 673. The molecule has 2 aromatic rings. The molecule has 0 aliphatic carbocycles. The lowest BCUT2D eigenvalue weighted by atomic mass is 10.0. The third-order valence-electron chi connectivity index (χ3n) is 4.25. The number of nitrogens with one attached hydrogen (secondary N) is 1. The number of nitrogens with zero attached hydrogens (tertiary/aromatic N) is 1. The fraction of sp³-hybridized carbons (Fsp3) is 0.350. The van der Waals surface area contributed by atoms with Crippen molar-refractivity contribution in [3.8, 4) is 5.75 Å². The predicted octanol–water partition coefficient (Wildman–Crippen LogP) is 2.56. The van der Waals surface area contributed by atoms with E-state index in [1.807, 2.05) is 24.3 Å². The summed E-state index contributed by atoms with van der Waals surface area (Å²) in [5, 5.41) is 3.60. The molecule has 0 spiro atoms. The second-order valence-electron chi connectivity index (χ2n) is 6.38. The van der Waals surface area contributed by atoms with Gasteiger partial charge in [0.25, 0.3) is 0 Å². The summed E-state index contributed by atoms with van der Waals surface area (Å²) in [5.41, 5.74) is 2.59. The van der Waals surface area contributed by atoms with Gasteiger partial charge < -0.3 is 5.32 Å². The summed E-state index contributed by atoms with van der Waals surface area (Å²) in [6, 6.07) is 18.7. The summed E-state index contributed by atoms with van der Waals surface area (Å²) in [6.07, 6.45) is 0.957. The van der Waals surface area contributed by atoms with Crippen LogP contribution < -0.4 is 10.2 Å². The van der Waals surface area contributed by atoms with Crippen LogP contribution >= 0.6 is 0 Å². The van der Waals surface area contributed by atoms with Crippen molar-refractivity contribution >= 4 is 5.97 Å². The molecule has 5 heteroatoms. The number of carbonyl (C=O) groups excluding carboxylic acids is 1. The van der Waals surface area contributed by atoms with Crippen molar-refractivity contribution in [1.82, 2.24) is 10.2 Å². The van der Waals surface area contributed by atoms with Crippen LogP contribution in [0.1, 0.15) is 18.1 Å². The Balaban J connectivity index is 1.51. The highest BCUT2D eigenvalue weighted by Gasteiger charge is 2.19. The van der Waals surface area contributed by atoms with Crippen molar-refractivity contribution in [3.05, 3.63) is 65.7 Å². The molecule has 0 saturated carbocycles. The predicted molar refractivity (Wildman–Crippen MR) is 96.0 cm³/mol. The molecule has 0 radical (unpaired) electrons. The zero-order valence-electron chi connectivity index (χ0n) is 14.5. The summed E-state index contributed by atoms with van der Waals surface area (Å²) in [7, 11) is 0. The molecule has 0 unspecified atom stereocenters. The first kappa shape index (κ1) is 17.5. The van der Waals surface area contributed by atoms with Crippen molar-refractivity contribution in [3.63, 3.8) is 0 Å². The van der Waals surface area contributed by atoms with Gasteiger partial charge in [0.05, 0.1) is 0 Å². The normalized spacial score (nSPS) is 17.9. The van der Waals surface area contributed by atoms with Gasteiger partial charge in [0.15, 0.2) is 5.75 Å². The van der Waals surface area contributed by atoms with E-state index in [1.54, 1.807) is 0 Å². The monoisotopic (exact) mass is 340 g/mol. The number of rotatable bonds is 6. The van der Waals surface area contributed by atoms with Crippen LogP contribution in [0.15, 0.2) is 54.6 Å². The quantitative estimate of drug-likeness (QED) is 0.647. The highest BCUT2D eigenvalue weighted by atomic mass is 17.2. The molecule has 1 saturated heterocycles. The Morgan fingerprint density at radius 3 is 2.60 bits per heavy atom. The minimum Gasteiger partial charge on any atom is -0.311 e. The number of hydrogen-bond donors (Lipinski definition) is 1. The van der Waals surface area contributed by atoms with Gasteiger partial charge in [-0.15, -0.1) is 0 Å². The zero-order chi connectivity index (χ0) is 17.5. The van der Waals surface area contributed by atoms with Crippen molar-refractivity contribution in [1.29, 1.82) is 0 Å². The van der Waals surface area contributed by atoms with Crippen molar-refractivity contribution in [2.75, 3.05) is 19.6 Å². The number of carbonyl (C=O) groups is 1. The second kappa shape index (κ2) is 8.65. The smallest absolute Gasteiger partial charge is 0.311 e. The van der Waals surface area contributed by atoms with Crippen molar-refractivity contribution < 1.29 is 14.6 Å². The third-order valence-corrected chi connectivity index (χ3v) is 4.25. The highest BCUT2D eigenvalue weighted by Crippen LogP contribution is 2.15. The number of benzene rings is 2. The summed E-state index contributed by atoms with van der Waals surface area (Å²) in [4.78, 5) is 22.7. The Morgan fingerprint density at radius 1 is 1.12 bits per heavy atom. The molecule has 0 aromatic heterocycles. The van der Waals surface area contributed by atoms with E-state index in [2.05, 4.69) is 45.4 Å². The number of hydrogen-bond acceptors (Lipinski definition) is 5. The molecule has 25 heavy (non-hydrogen) atoms. The maximum atomic E-state index is 10.7. The first-order chi connectivity index (χ1) is 12.2. The van der Waals surface area contributed by atoms with Crippen LogP contribution in [0.25, 0.3) is 0 Å². The zero-order valence-corrected chi connectivity index (χ0v) is 14.5. The average Bonchev–Trinajstić information content (AvgIpc) is 2.62. The van der Waals surface area contributed by atoms with Gasteiger partial charge in [-0.25, -0.2) is 4.79 Å². The molecule has 1 heterocycles. The molecule has 1 atom stereocenters.